The number of morpholine rings is 1. The number of Topliss-reactive ketones (excluding diaryl/α,β-unsaturated/α-hetero) is 1. The summed E-state index contributed by atoms with van der Waals surface area (Å²) < 4.78 is 5.36. The van der Waals surface area contributed by atoms with Crippen molar-refractivity contribution in [3.8, 4) is 0 Å². The Kier molecular flexibility index (Phi) is 5.66. The minimum absolute atomic E-state index is 0.0646. The first-order chi connectivity index (χ1) is 13.2. The van der Waals surface area contributed by atoms with Crippen LogP contribution in [0.1, 0.15) is 34.0 Å². The summed E-state index contributed by atoms with van der Waals surface area (Å²) in [7, 11) is 0. The average molecular weight is 387 g/mol. The van der Waals surface area contributed by atoms with Crippen molar-refractivity contribution < 1.29 is 9.53 Å². The molecule has 1 fully saturated rings. The number of ether oxygens (including phenoxy) is 1. The van der Waals surface area contributed by atoms with E-state index in [9.17, 15) is 4.79 Å². The Morgan fingerprint density at radius 3 is 2.85 bits per heavy atom. The molecule has 1 saturated heterocycles. The van der Waals surface area contributed by atoms with E-state index in [1.54, 1.807) is 6.20 Å². The van der Waals surface area contributed by atoms with Gasteiger partial charge in [0.15, 0.2) is 5.78 Å². The molecule has 27 heavy (non-hydrogen) atoms. The van der Waals surface area contributed by atoms with Crippen molar-refractivity contribution in [2.45, 2.75) is 18.8 Å². The zero-order chi connectivity index (χ0) is 18.6. The Labute approximate surface area is 163 Å². The molecule has 2 aromatic rings. The van der Waals surface area contributed by atoms with Gasteiger partial charge in [0.05, 0.1) is 24.5 Å². The predicted octanol–water partition coefficient (Wildman–Crippen LogP) is 2.79. The first-order valence-electron chi connectivity index (χ1n) is 9.38. The van der Waals surface area contributed by atoms with Crippen LogP contribution in [0.4, 0.5) is 5.95 Å². The highest BCUT2D eigenvalue weighted by Crippen LogP contribution is 2.35. The minimum atomic E-state index is 0.0646. The van der Waals surface area contributed by atoms with Crippen LogP contribution in [0.25, 0.3) is 0 Å². The number of hydrogen-bond donors (Lipinski definition) is 1. The van der Waals surface area contributed by atoms with Crippen molar-refractivity contribution >= 4 is 23.3 Å². The van der Waals surface area contributed by atoms with E-state index in [-0.39, 0.29) is 11.7 Å². The highest BCUT2D eigenvalue weighted by atomic mass is 35.5. The lowest BCUT2D eigenvalue weighted by molar-refractivity contribution is 0.0398. The van der Waals surface area contributed by atoms with Crippen molar-refractivity contribution in [3.63, 3.8) is 0 Å². The van der Waals surface area contributed by atoms with E-state index in [2.05, 4.69) is 20.2 Å². The summed E-state index contributed by atoms with van der Waals surface area (Å²) in [5.41, 5.74) is 2.45. The third-order valence-electron chi connectivity index (χ3n) is 5.20. The molecule has 0 amide bonds. The molecule has 1 aromatic heterocycles. The molecular weight excluding hydrogens is 364 g/mol. The van der Waals surface area contributed by atoms with Crippen molar-refractivity contribution in [1.82, 2.24) is 14.9 Å². The number of ketones is 1. The summed E-state index contributed by atoms with van der Waals surface area (Å²) in [6.45, 7) is 5.19. The number of nitrogens with one attached hydrogen (secondary N) is 1. The third-order valence-corrected chi connectivity index (χ3v) is 5.54. The molecule has 4 rings (SSSR count). The second-order valence-electron chi connectivity index (χ2n) is 6.98. The molecule has 1 unspecified atom stereocenters. The van der Waals surface area contributed by atoms with Crippen molar-refractivity contribution in [1.29, 1.82) is 0 Å². The molecule has 7 heteroatoms. The van der Waals surface area contributed by atoms with Crippen LogP contribution in [0.2, 0.25) is 5.02 Å². The lowest BCUT2D eigenvalue weighted by Gasteiger charge is -2.26. The van der Waals surface area contributed by atoms with Crippen LogP contribution in [-0.2, 0) is 11.2 Å². The van der Waals surface area contributed by atoms with Crippen LogP contribution in [-0.4, -0.2) is 60.0 Å². The van der Waals surface area contributed by atoms with Crippen molar-refractivity contribution in [2.24, 2.45) is 0 Å². The molecule has 0 spiro atoms. The van der Waals surface area contributed by atoms with Gasteiger partial charge in [-0.2, -0.15) is 0 Å². The molecule has 2 aliphatic rings. The van der Waals surface area contributed by atoms with Crippen LogP contribution in [0.15, 0.2) is 30.5 Å². The van der Waals surface area contributed by atoms with Gasteiger partial charge in [0, 0.05) is 43.8 Å². The number of fused-ring (bicyclic) bond motifs is 1. The van der Waals surface area contributed by atoms with E-state index in [0.717, 1.165) is 50.7 Å². The monoisotopic (exact) mass is 386 g/mol. The van der Waals surface area contributed by atoms with Gasteiger partial charge in [-0.05, 0) is 24.0 Å². The van der Waals surface area contributed by atoms with E-state index < -0.39 is 0 Å². The number of halogens is 1. The smallest absolute Gasteiger partial charge is 0.222 e. The van der Waals surface area contributed by atoms with Crippen LogP contribution in [0, 0.1) is 0 Å². The third kappa shape index (κ3) is 4.29. The molecule has 1 N–H and O–H groups in total. The number of anilines is 1. The van der Waals surface area contributed by atoms with Gasteiger partial charge in [-0.25, -0.2) is 9.97 Å². The Morgan fingerprint density at radius 1 is 1.22 bits per heavy atom. The molecule has 2 heterocycles. The van der Waals surface area contributed by atoms with Gasteiger partial charge < -0.3 is 10.1 Å². The molecular formula is C20H23ClN4O2. The summed E-state index contributed by atoms with van der Waals surface area (Å²) in [4.78, 5) is 23.9. The van der Waals surface area contributed by atoms with E-state index in [1.165, 1.54) is 0 Å². The largest absolute Gasteiger partial charge is 0.379 e. The minimum Gasteiger partial charge on any atom is -0.379 e. The first-order valence-corrected chi connectivity index (χ1v) is 9.76. The van der Waals surface area contributed by atoms with E-state index in [4.69, 9.17) is 16.3 Å². The number of benzene rings is 1. The van der Waals surface area contributed by atoms with E-state index in [0.29, 0.717) is 29.4 Å². The standard InChI is InChI=1S/C20H23ClN4O2/c21-17-4-2-1-3-15(17)14-11-18-16(19(26)12-14)13-23-20(24-18)22-5-6-25-7-9-27-10-8-25/h1-4,13-14H,5-12H2,(H,22,23,24). The first kappa shape index (κ1) is 18.3. The molecule has 6 nitrogen and oxygen atoms in total. The number of aromatic nitrogens is 2. The van der Waals surface area contributed by atoms with Gasteiger partial charge >= 0.3 is 0 Å². The topological polar surface area (TPSA) is 67.4 Å². The number of rotatable bonds is 5. The van der Waals surface area contributed by atoms with Crippen LogP contribution < -0.4 is 5.32 Å². The summed E-state index contributed by atoms with van der Waals surface area (Å²) >= 11 is 6.34. The van der Waals surface area contributed by atoms with Gasteiger partial charge in [-0.3, -0.25) is 9.69 Å². The van der Waals surface area contributed by atoms with Gasteiger partial charge in [-0.15, -0.1) is 0 Å². The van der Waals surface area contributed by atoms with Crippen molar-refractivity contribution in [2.75, 3.05) is 44.7 Å². The lowest BCUT2D eigenvalue weighted by atomic mass is 9.82. The SMILES string of the molecule is O=C1CC(c2ccccc2Cl)Cc2nc(NCCN3CCOCC3)ncc21. The second kappa shape index (κ2) is 8.33. The molecule has 1 aliphatic carbocycles. The maximum Gasteiger partial charge on any atom is 0.222 e. The molecule has 1 aromatic carbocycles. The Hall–Kier alpha value is -2.02. The normalized spacial score (nSPS) is 20.3. The second-order valence-corrected chi connectivity index (χ2v) is 7.39. The van der Waals surface area contributed by atoms with Gasteiger partial charge in [-0.1, -0.05) is 29.8 Å². The zero-order valence-electron chi connectivity index (χ0n) is 15.2. The number of carbonyl (C=O) groups is 1. The molecule has 0 bridgehead atoms. The van der Waals surface area contributed by atoms with Gasteiger partial charge in [0.25, 0.3) is 0 Å². The number of hydrogen-bond acceptors (Lipinski definition) is 6. The number of nitrogens with zero attached hydrogens (tertiary/aromatic N) is 3. The fourth-order valence-corrected chi connectivity index (χ4v) is 4.00. The fraction of sp³-hybridized carbons (Fsp3) is 0.450. The molecule has 1 atom stereocenters. The van der Waals surface area contributed by atoms with Gasteiger partial charge in [0.2, 0.25) is 5.95 Å². The summed E-state index contributed by atoms with van der Waals surface area (Å²) in [5.74, 6) is 0.727. The Morgan fingerprint density at radius 2 is 2.04 bits per heavy atom. The predicted molar refractivity (Wildman–Crippen MR) is 105 cm³/mol. The molecule has 0 radical (unpaired) electrons. The Balaban J connectivity index is 1.44. The average Bonchev–Trinajstić information content (AvgIpc) is 2.69. The van der Waals surface area contributed by atoms with E-state index >= 15 is 0 Å². The molecule has 1 aliphatic heterocycles. The van der Waals surface area contributed by atoms with Crippen LogP contribution >= 0.6 is 11.6 Å². The maximum absolute atomic E-state index is 12.6. The maximum atomic E-state index is 12.6. The summed E-state index contributed by atoms with van der Waals surface area (Å²) in [6.07, 6.45) is 2.81. The fourth-order valence-electron chi connectivity index (χ4n) is 3.71. The van der Waals surface area contributed by atoms with Crippen molar-refractivity contribution in [3.05, 3.63) is 52.3 Å². The van der Waals surface area contributed by atoms with Crippen LogP contribution in [0.5, 0.6) is 0 Å². The summed E-state index contributed by atoms with van der Waals surface area (Å²) in [6, 6.07) is 7.73. The van der Waals surface area contributed by atoms with E-state index in [1.807, 2.05) is 24.3 Å². The Bertz CT molecular complexity index is 823. The van der Waals surface area contributed by atoms with Crippen LogP contribution in [0.3, 0.4) is 0 Å². The van der Waals surface area contributed by atoms with Gasteiger partial charge in [0.1, 0.15) is 0 Å². The number of carbonyl (C=O) groups excluding carboxylic acids is 1. The summed E-state index contributed by atoms with van der Waals surface area (Å²) in [5, 5.41) is 3.99. The lowest BCUT2D eigenvalue weighted by Crippen LogP contribution is -2.39. The quantitative estimate of drug-likeness (QED) is 0.852. The zero-order valence-corrected chi connectivity index (χ0v) is 15.9. The highest BCUT2D eigenvalue weighted by Gasteiger charge is 2.29. The molecule has 142 valence electrons. The molecule has 0 saturated carbocycles. The highest BCUT2D eigenvalue weighted by molar-refractivity contribution is 6.31.